The molecule has 3 aromatic carbocycles. The van der Waals surface area contributed by atoms with E-state index in [1.54, 1.807) is 30.3 Å². The Bertz CT molecular complexity index is 1860. The monoisotopic (exact) mass is 642 g/mol. The lowest BCUT2D eigenvalue weighted by Gasteiger charge is -2.34. The van der Waals surface area contributed by atoms with Gasteiger partial charge in [0.1, 0.15) is 11.9 Å². The largest absolute Gasteiger partial charge is 0.478 e. The first-order chi connectivity index (χ1) is 22.5. The Kier molecular flexibility index (Phi) is 9.15. The number of unbranched alkanes of at least 4 members (excludes halogenated alkanes) is 1. The fourth-order valence-electron chi connectivity index (χ4n) is 6.27. The zero-order chi connectivity index (χ0) is 33.4. The summed E-state index contributed by atoms with van der Waals surface area (Å²) in [4.78, 5) is 14.0. The van der Waals surface area contributed by atoms with E-state index in [1.165, 1.54) is 11.6 Å². The highest BCUT2D eigenvalue weighted by Crippen LogP contribution is 2.48. The molecule has 1 fully saturated rings. The van der Waals surface area contributed by atoms with Gasteiger partial charge >= 0.3 is 5.97 Å². The maximum Gasteiger partial charge on any atom is 0.338 e. The first-order valence-corrected chi connectivity index (χ1v) is 15.9. The lowest BCUT2D eigenvalue weighted by molar-refractivity contribution is 0.0690. The number of aliphatic hydroxyl groups is 1. The van der Waals surface area contributed by atoms with Crippen LogP contribution in [0.4, 0.5) is 30.2 Å². The molecule has 6 nitrogen and oxygen atoms in total. The molecule has 4 unspecified atom stereocenters. The van der Waals surface area contributed by atoms with Crippen molar-refractivity contribution in [1.82, 2.24) is 0 Å². The number of hydrogen-bond donors (Lipinski definition) is 3. The number of carboxylic acid groups (broad SMARTS) is 1. The minimum atomic E-state index is -1.63. The summed E-state index contributed by atoms with van der Waals surface area (Å²) in [6.45, 7) is 6.93. The number of epoxide rings is 1. The molecule has 1 aliphatic heterocycles. The number of nitrogens with zero attached hydrogens (tertiary/aromatic N) is 1. The minimum absolute atomic E-state index is 0.0591. The molecule has 0 aromatic heterocycles. The molecule has 2 aliphatic carbocycles. The van der Waals surface area contributed by atoms with Gasteiger partial charge in [0.2, 0.25) is 0 Å². The normalized spacial score (nSPS) is 20.2. The molecule has 3 aromatic rings. The maximum absolute atomic E-state index is 15.0. The number of ether oxygens (including phenoxy) is 1. The van der Waals surface area contributed by atoms with Gasteiger partial charge in [-0.2, -0.15) is 0 Å². The zero-order valence-electron chi connectivity index (χ0n) is 26.5. The highest BCUT2D eigenvalue weighted by atomic mass is 19.2. The second-order valence-corrected chi connectivity index (χ2v) is 12.5. The van der Waals surface area contributed by atoms with E-state index >= 15 is 4.39 Å². The lowest BCUT2D eigenvalue weighted by atomic mass is 9.92. The molecular formula is C38H37F3N2O4. The summed E-state index contributed by atoms with van der Waals surface area (Å²) >= 11 is 0. The molecule has 3 N–H and O–H groups in total. The van der Waals surface area contributed by atoms with E-state index in [-0.39, 0.29) is 28.7 Å². The quantitative estimate of drug-likeness (QED) is 0.127. The number of nitrogens with one attached hydrogen (secondary N) is 1. The van der Waals surface area contributed by atoms with E-state index < -0.39 is 41.4 Å². The SMILES string of the molecule is CCCCC(CN(C1=CC(C)CC=C1)c1cc(Nc2ccccc2F)c(-c2cc(F)c(F)c(C(=O)O)c2)cc1C1OC1O)C1=C=C1C. The molecule has 1 saturated heterocycles. The average molecular weight is 643 g/mol. The van der Waals surface area contributed by atoms with Gasteiger partial charge in [-0.25, -0.2) is 18.0 Å². The van der Waals surface area contributed by atoms with Crippen molar-refractivity contribution < 1.29 is 32.9 Å². The highest BCUT2D eigenvalue weighted by Gasteiger charge is 2.42. The highest BCUT2D eigenvalue weighted by molar-refractivity contribution is 5.92. The Labute approximate surface area is 272 Å². The van der Waals surface area contributed by atoms with E-state index in [0.29, 0.717) is 23.5 Å². The van der Waals surface area contributed by atoms with Crippen molar-refractivity contribution in [1.29, 1.82) is 0 Å². The number of para-hydroxylation sites is 1. The number of benzene rings is 3. The van der Waals surface area contributed by atoms with Crippen LogP contribution in [0.2, 0.25) is 0 Å². The second kappa shape index (κ2) is 13.3. The minimum Gasteiger partial charge on any atom is -0.478 e. The van der Waals surface area contributed by atoms with Crippen LogP contribution >= 0.6 is 0 Å². The first kappa shape index (κ1) is 32.4. The number of aromatic carboxylic acids is 1. The number of anilines is 3. The van der Waals surface area contributed by atoms with Crippen molar-refractivity contribution >= 4 is 23.0 Å². The molecule has 4 atom stereocenters. The third-order valence-electron chi connectivity index (χ3n) is 8.89. The van der Waals surface area contributed by atoms with Gasteiger partial charge in [-0.1, -0.05) is 51.0 Å². The van der Waals surface area contributed by atoms with Gasteiger partial charge in [0.15, 0.2) is 17.9 Å². The van der Waals surface area contributed by atoms with Gasteiger partial charge < -0.3 is 25.2 Å². The summed E-state index contributed by atoms with van der Waals surface area (Å²) in [7, 11) is 0. The summed E-state index contributed by atoms with van der Waals surface area (Å²) in [6.07, 6.45) is 8.47. The average Bonchev–Trinajstić information content (AvgIpc) is 3.96. The predicted octanol–water partition coefficient (Wildman–Crippen LogP) is 9.18. The van der Waals surface area contributed by atoms with Crippen LogP contribution in [0.5, 0.6) is 0 Å². The molecule has 0 radical (unpaired) electrons. The van der Waals surface area contributed by atoms with Crippen molar-refractivity contribution in [3.8, 4) is 11.1 Å². The van der Waals surface area contributed by atoms with Gasteiger partial charge in [0, 0.05) is 51.8 Å². The standard InChI is InChI=1S/C38H37F3N2O4/c1-4-5-10-23(26-15-22(26)3)20-43(25-11-8-9-21(2)14-25)34-19-33(42-32-13-7-6-12-30(32)39)27(18-28(34)36-38(46)47-36)24-16-29(37(44)45)35(41)31(40)17-24/h6-8,11-14,16-19,21,23,36,38,42,46H,4-5,9-10,20H2,1-3H3,(H,44,45). The molecule has 3 aliphatic rings. The fraction of sp³-hybridized carbons (Fsp3) is 0.316. The van der Waals surface area contributed by atoms with Crippen molar-refractivity contribution in [3.63, 3.8) is 0 Å². The summed E-state index contributed by atoms with van der Waals surface area (Å²) in [5, 5.41) is 23.3. The van der Waals surface area contributed by atoms with Crippen molar-refractivity contribution in [2.75, 3.05) is 16.8 Å². The van der Waals surface area contributed by atoms with E-state index in [0.717, 1.165) is 49.1 Å². The van der Waals surface area contributed by atoms with Gasteiger partial charge in [0.05, 0.1) is 11.3 Å². The van der Waals surface area contributed by atoms with Gasteiger partial charge in [-0.05, 0) is 73.7 Å². The topological polar surface area (TPSA) is 85.3 Å². The third-order valence-corrected chi connectivity index (χ3v) is 8.89. The molecule has 0 saturated carbocycles. The Morgan fingerprint density at radius 2 is 1.87 bits per heavy atom. The summed E-state index contributed by atoms with van der Waals surface area (Å²) < 4.78 is 50.0. The summed E-state index contributed by atoms with van der Waals surface area (Å²) in [5.74, 6) is -4.53. The Hall–Kier alpha value is -4.56. The fourth-order valence-corrected chi connectivity index (χ4v) is 6.27. The van der Waals surface area contributed by atoms with Crippen LogP contribution < -0.4 is 10.2 Å². The van der Waals surface area contributed by atoms with Crippen LogP contribution in [0, 0.1) is 29.3 Å². The van der Waals surface area contributed by atoms with Crippen LogP contribution in [0.3, 0.4) is 0 Å². The molecule has 244 valence electrons. The second-order valence-electron chi connectivity index (χ2n) is 12.5. The Balaban J connectivity index is 1.57. The number of halogens is 3. The zero-order valence-corrected chi connectivity index (χ0v) is 26.5. The maximum atomic E-state index is 15.0. The van der Waals surface area contributed by atoms with Crippen molar-refractivity contribution in [2.24, 2.45) is 11.8 Å². The van der Waals surface area contributed by atoms with E-state index in [4.69, 9.17) is 4.74 Å². The Morgan fingerprint density at radius 1 is 1.13 bits per heavy atom. The first-order valence-electron chi connectivity index (χ1n) is 15.9. The van der Waals surface area contributed by atoms with E-state index in [9.17, 15) is 23.8 Å². The van der Waals surface area contributed by atoms with Gasteiger partial charge in [-0.15, -0.1) is 5.73 Å². The van der Waals surface area contributed by atoms with E-state index in [1.807, 2.05) is 0 Å². The number of rotatable bonds is 13. The molecule has 9 heteroatoms. The molecule has 0 amide bonds. The van der Waals surface area contributed by atoms with Crippen molar-refractivity contribution in [2.45, 2.75) is 58.8 Å². The number of allylic oxidation sites excluding steroid dienone is 3. The number of hydrogen-bond acceptors (Lipinski definition) is 5. The van der Waals surface area contributed by atoms with Crippen molar-refractivity contribution in [3.05, 3.63) is 118 Å². The molecule has 47 heavy (non-hydrogen) atoms. The smallest absolute Gasteiger partial charge is 0.338 e. The van der Waals surface area contributed by atoms with Gasteiger partial charge in [-0.3, -0.25) is 0 Å². The number of carbonyl (C=O) groups is 1. The lowest BCUT2D eigenvalue weighted by Crippen LogP contribution is -2.30. The Morgan fingerprint density at radius 3 is 2.51 bits per heavy atom. The van der Waals surface area contributed by atoms with E-state index in [2.05, 4.69) is 54.9 Å². The third kappa shape index (κ3) is 6.93. The number of carboxylic acids is 1. The van der Waals surface area contributed by atoms with Crippen LogP contribution in [-0.2, 0) is 4.74 Å². The summed E-state index contributed by atoms with van der Waals surface area (Å²) in [6, 6.07) is 11.5. The predicted molar refractivity (Wildman–Crippen MR) is 176 cm³/mol. The molecule has 0 bridgehead atoms. The van der Waals surface area contributed by atoms with Crippen LogP contribution in [-0.4, -0.2) is 29.0 Å². The summed E-state index contributed by atoms with van der Waals surface area (Å²) in [5.41, 5.74) is 7.93. The van der Waals surface area contributed by atoms with Crippen LogP contribution in [0.25, 0.3) is 11.1 Å². The van der Waals surface area contributed by atoms with Crippen LogP contribution in [0.1, 0.15) is 68.5 Å². The molecule has 0 spiro atoms. The number of aliphatic hydroxyl groups excluding tert-OH is 1. The van der Waals surface area contributed by atoms with Gasteiger partial charge in [0.25, 0.3) is 0 Å². The molecular weight excluding hydrogens is 605 g/mol. The van der Waals surface area contributed by atoms with Crippen LogP contribution in [0.15, 0.2) is 89.3 Å². The molecule has 1 heterocycles. The molecule has 6 rings (SSSR count).